The van der Waals surface area contributed by atoms with E-state index in [1.54, 1.807) is 25.4 Å². The van der Waals surface area contributed by atoms with Crippen molar-refractivity contribution >= 4 is 17.5 Å². The van der Waals surface area contributed by atoms with Crippen molar-refractivity contribution in [2.24, 2.45) is 0 Å². The number of piperazine rings is 1. The number of nitrogens with zero attached hydrogens (tertiary/aromatic N) is 2. The van der Waals surface area contributed by atoms with E-state index in [0.717, 1.165) is 40.2 Å². The van der Waals surface area contributed by atoms with Gasteiger partial charge in [0.05, 0.1) is 16.4 Å². The van der Waals surface area contributed by atoms with Crippen LogP contribution >= 0.6 is 11.6 Å². The first-order valence-corrected chi connectivity index (χ1v) is 11.5. The van der Waals surface area contributed by atoms with Gasteiger partial charge in [0.15, 0.2) is 0 Å². The van der Waals surface area contributed by atoms with E-state index in [1.165, 1.54) is 0 Å². The second kappa shape index (κ2) is 11.3. The summed E-state index contributed by atoms with van der Waals surface area (Å²) in [5, 5.41) is 6.12. The van der Waals surface area contributed by atoms with Gasteiger partial charge in [-0.2, -0.15) is 0 Å². The summed E-state index contributed by atoms with van der Waals surface area (Å²) in [5.41, 5.74) is 4.89. The molecule has 1 amide bonds. The Morgan fingerprint density at radius 3 is 2.50 bits per heavy atom. The molecule has 1 aromatic heterocycles. The molecule has 0 unspecified atom stereocenters. The van der Waals surface area contributed by atoms with Gasteiger partial charge in [0, 0.05) is 49.7 Å². The number of amides is 1. The monoisotopic (exact) mass is 486 g/mol. The van der Waals surface area contributed by atoms with Crippen LogP contribution in [0.25, 0.3) is 0 Å². The minimum atomic E-state index is -0.664. The van der Waals surface area contributed by atoms with E-state index in [2.05, 4.69) is 15.6 Å². The molecular weight excluding hydrogens is 458 g/mol. The van der Waals surface area contributed by atoms with Crippen molar-refractivity contribution in [2.75, 3.05) is 13.1 Å². The predicted molar refractivity (Wildman–Crippen MR) is 131 cm³/mol. The molecule has 34 heavy (non-hydrogen) atoms. The van der Waals surface area contributed by atoms with E-state index in [4.69, 9.17) is 11.6 Å². The van der Waals surface area contributed by atoms with Gasteiger partial charge in [-0.3, -0.25) is 9.78 Å². The molecule has 0 aliphatic carbocycles. The first-order chi connectivity index (χ1) is 16.2. The summed E-state index contributed by atoms with van der Waals surface area (Å²) >= 11 is 6.12. The van der Waals surface area contributed by atoms with Crippen LogP contribution in [0, 0.1) is 11.6 Å². The SMILES string of the molecule is C/C=C(C(=O)NCc1ccncc1)\C(C)=C1/C(=C(C)C)NCCN1Cc1c(F)ccc(F)c1Cl. The molecule has 1 aromatic carbocycles. The highest BCUT2D eigenvalue weighted by Crippen LogP contribution is 2.32. The molecule has 1 aliphatic heterocycles. The van der Waals surface area contributed by atoms with Gasteiger partial charge in [0.1, 0.15) is 11.6 Å². The smallest absolute Gasteiger partial charge is 0.251 e. The standard InChI is InChI=1S/C26H29ClF2N4O/c1-5-19(26(34)32-14-18-8-10-30-11-9-18)17(4)25-24(16(2)3)31-12-13-33(25)15-20-21(28)6-7-22(29)23(20)27/h5-11,31H,12-15H2,1-4H3,(H,32,34)/b19-5+,25-17+. The molecular formula is C26H29ClF2N4O. The summed E-state index contributed by atoms with van der Waals surface area (Å²) in [7, 11) is 0. The van der Waals surface area contributed by atoms with Crippen LogP contribution in [0.4, 0.5) is 8.78 Å². The lowest BCUT2D eigenvalue weighted by Crippen LogP contribution is -2.41. The van der Waals surface area contributed by atoms with Crippen molar-refractivity contribution in [1.82, 2.24) is 20.5 Å². The molecule has 2 heterocycles. The molecule has 0 radical (unpaired) electrons. The predicted octanol–water partition coefficient (Wildman–Crippen LogP) is 5.25. The normalized spacial score (nSPS) is 15.7. The van der Waals surface area contributed by atoms with Crippen molar-refractivity contribution < 1.29 is 13.6 Å². The maximum atomic E-state index is 14.6. The quantitative estimate of drug-likeness (QED) is 0.432. The average Bonchev–Trinajstić information content (AvgIpc) is 2.83. The molecule has 0 saturated carbocycles. The van der Waals surface area contributed by atoms with Gasteiger partial charge in [0.25, 0.3) is 5.91 Å². The van der Waals surface area contributed by atoms with E-state index in [1.807, 2.05) is 37.8 Å². The first-order valence-electron chi connectivity index (χ1n) is 11.1. The fourth-order valence-corrected chi connectivity index (χ4v) is 4.21. The molecule has 8 heteroatoms. The third kappa shape index (κ3) is 5.65. The maximum Gasteiger partial charge on any atom is 0.251 e. The van der Waals surface area contributed by atoms with Crippen LogP contribution in [0.15, 0.2) is 70.8 Å². The van der Waals surface area contributed by atoms with E-state index in [9.17, 15) is 13.6 Å². The third-order valence-corrected chi connectivity index (χ3v) is 6.13. The Labute approximate surface area is 204 Å². The first kappa shape index (κ1) is 25.4. The van der Waals surface area contributed by atoms with E-state index in [0.29, 0.717) is 25.2 Å². The van der Waals surface area contributed by atoms with Crippen LogP contribution < -0.4 is 10.6 Å². The Hall–Kier alpha value is -3.19. The van der Waals surface area contributed by atoms with Gasteiger partial charge in [-0.15, -0.1) is 0 Å². The molecule has 0 spiro atoms. The lowest BCUT2D eigenvalue weighted by Gasteiger charge is -2.37. The Morgan fingerprint density at radius 2 is 1.85 bits per heavy atom. The molecule has 0 atom stereocenters. The van der Waals surface area contributed by atoms with Gasteiger partial charge in [-0.25, -0.2) is 8.78 Å². The highest BCUT2D eigenvalue weighted by atomic mass is 35.5. The molecule has 2 N–H and O–H groups in total. The number of benzene rings is 1. The number of hydrogen-bond donors (Lipinski definition) is 2. The number of carbonyl (C=O) groups is 1. The number of allylic oxidation sites excluding steroid dienone is 2. The van der Waals surface area contributed by atoms with Gasteiger partial charge in [0.2, 0.25) is 0 Å². The largest absolute Gasteiger partial charge is 0.382 e. The van der Waals surface area contributed by atoms with Crippen molar-refractivity contribution in [3.8, 4) is 0 Å². The van der Waals surface area contributed by atoms with Crippen LogP contribution in [0.2, 0.25) is 5.02 Å². The topological polar surface area (TPSA) is 57.3 Å². The minimum Gasteiger partial charge on any atom is -0.382 e. The Balaban J connectivity index is 1.98. The van der Waals surface area contributed by atoms with Crippen LogP contribution in [-0.4, -0.2) is 28.9 Å². The van der Waals surface area contributed by atoms with Gasteiger partial charge < -0.3 is 15.5 Å². The summed E-state index contributed by atoms with van der Waals surface area (Å²) in [5.74, 6) is -1.46. The van der Waals surface area contributed by atoms with Crippen molar-refractivity contribution in [2.45, 2.75) is 40.8 Å². The van der Waals surface area contributed by atoms with Crippen molar-refractivity contribution in [1.29, 1.82) is 0 Å². The number of hydrogen-bond acceptors (Lipinski definition) is 4. The molecule has 1 aliphatic rings. The summed E-state index contributed by atoms with van der Waals surface area (Å²) in [6, 6.07) is 5.78. The van der Waals surface area contributed by atoms with Crippen LogP contribution in [-0.2, 0) is 17.9 Å². The summed E-state index contributed by atoms with van der Waals surface area (Å²) in [6.07, 6.45) is 5.11. The number of aromatic nitrogens is 1. The summed E-state index contributed by atoms with van der Waals surface area (Å²) < 4.78 is 28.7. The second-order valence-electron chi connectivity index (χ2n) is 8.26. The fraction of sp³-hybridized carbons (Fsp3) is 0.308. The lowest BCUT2D eigenvalue weighted by molar-refractivity contribution is -0.117. The second-order valence-corrected chi connectivity index (χ2v) is 8.64. The van der Waals surface area contributed by atoms with E-state index >= 15 is 0 Å². The zero-order valence-electron chi connectivity index (χ0n) is 19.8. The molecule has 180 valence electrons. The average molecular weight is 487 g/mol. The van der Waals surface area contributed by atoms with Gasteiger partial charge >= 0.3 is 0 Å². The van der Waals surface area contributed by atoms with Crippen LogP contribution in [0.5, 0.6) is 0 Å². The molecule has 3 rings (SSSR count). The highest BCUT2D eigenvalue weighted by Gasteiger charge is 2.27. The van der Waals surface area contributed by atoms with Crippen LogP contribution in [0.1, 0.15) is 38.8 Å². The highest BCUT2D eigenvalue weighted by molar-refractivity contribution is 6.31. The summed E-state index contributed by atoms with van der Waals surface area (Å²) in [6.45, 7) is 9.19. The third-order valence-electron chi connectivity index (χ3n) is 5.72. The zero-order chi connectivity index (χ0) is 24.8. The van der Waals surface area contributed by atoms with Crippen molar-refractivity contribution in [3.05, 3.63) is 98.6 Å². The number of halogens is 3. The number of rotatable bonds is 6. The van der Waals surface area contributed by atoms with Crippen LogP contribution in [0.3, 0.4) is 0 Å². The lowest BCUT2D eigenvalue weighted by atomic mass is 9.98. The van der Waals surface area contributed by atoms with Crippen molar-refractivity contribution in [3.63, 3.8) is 0 Å². The van der Waals surface area contributed by atoms with Gasteiger partial charge in [-0.05, 0) is 63.1 Å². The zero-order valence-corrected chi connectivity index (χ0v) is 20.6. The molecule has 1 saturated heterocycles. The fourth-order valence-electron chi connectivity index (χ4n) is 3.99. The molecule has 1 fully saturated rings. The molecule has 2 aromatic rings. The Kier molecular flexibility index (Phi) is 8.45. The Morgan fingerprint density at radius 1 is 1.18 bits per heavy atom. The van der Waals surface area contributed by atoms with E-state index < -0.39 is 11.6 Å². The Bertz CT molecular complexity index is 1150. The number of carbonyl (C=O) groups excluding carboxylic acids is 1. The number of nitrogens with one attached hydrogen (secondary N) is 2. The number of pyridine rings is 1. The minimum absolute atomic E-state index is 0.0726. The summed E-state index contributed by atoms with van der Waals surface area (Å²) in [4.78, 5) is 19.0. The molecule has 5 nitrogen and oxygen atoms in total. The molecule has 0 bridgehead atoms. The van der Waals surface area contributed by atoms with E-state index in [-0.39, 0.29) is 23.0 Å². The van der Waals surface area contributed by atoms with Gasteiger partial charge in [-0.1, -0.05) is 23.3 Å². The maximum absolute atomic E-state index is 14.6.